The zero-order chi connectivity index (χ0) is 17.3. The maximum absolute atomic E-state index is 12.3. The highest BCUT2D eigenvalue weighted by molar-refractivity contribution is 7.89. The van der Waals surface area contributed by atoms with Gasteiger partial charge in [-0.1, -0.05) is 0 Å². The van der Waals surface area contributed by atoms with Crippen molar-refractivity contribution in [2.45, 2.75) is 64.2 Å². The van der Waals surface area contributed by atoms with Gasteiger partial charge in [-0.3, -0.25) is 0 Å². The van der Waals surface area contributed by atoms with Crippen LogP contribution in [0.25, 0.3) is 0 Å². The fourth-order valence-electron chi connectivity index (χ4n) is 2.78. The predicted molar refractivity (Wildman–Crippen MR) is 86.7 cm³/mol. The number of hydrogen-bond acceptors (Lipinski definition) is 5. The molecule has 2 rings (SSSR count). The Morgan fingerprint density at radius 1 is 1.39 bits per heavy atom. The third-order valence-corrected chi connectivity index (χ3v) is 5.67. The molecule has 0 aromatic heterocycles. The number of carbonyl (C=O) groups is 1. The SMILES string of the molecule is CC1(NS(=O)(=O)CC2CN(C(=O)OC(C)(C)C)CCO2)CCC1. The molecule has 0 radical (unpaired) electrons. The minimum Gasteiger partial charge on any atom is -0.444 e. The van der Waals surface area contributed by atoms with Crippen LogP contribution in [0.1, 0.15) is 47.0 Å². The van der Waals surface area contributed by atoms with E-state index in [1.54, 1.807) is 20.8 Å². The number of sulfonamides is 1. The quantitative estimate of drug-likeness (QED) is 0.832. The lowest BCUT2D eigenvalue weighted by molar-refractivity contribution is -0.0344. The first-order valence-corrected chi connectivity index (χ1v) is 9.74. The van der Waals surface area contributed by atoms with Crippen LogP contribution in [0.5, 0.6) is 0 Å². The molecule has 0 aromatic rings. The molecular weight excluding hydrogens is 320 g/mol. The summed E-state index contributed by atoms with van der Waals surface area (Å²) in [6.45, 7) is 8.28. The molecule has 8 heteroatoms. The standard InChI is InChI=1S/C15H28N2O5S/c1-14(2,3)22-13(18)17-8-9-21-12(10-17)11-23(19,20)16-15(4)6-5-7-15/h12,16H,5-11H2,1-4H3. The summed E-state index contributed by atoms with van der Waals surface area (Å²) in [5, 5.41) is 0. The molecule has 1 amide bonds. The number of nitrogens with one attached hydrogen (secondary N) is 1. The van der Waals surface area contributed by atoms with E-state index in [0.717, 1.165) is 19.3 Å². The minimum atomic E-state index is -3.44. The average Bonchev–Trinajstić information content (AvgIpc) is 2.34. The van der Waals surface area contributed by atoms with Gasteiger partial charge in [0.1, 0.15) is 5.60 Å². The van der Waals surface area contributed by atoms with Crippen molar-refractivity contribution >= 4 is 16.1 Å². The molecule has 1 atom stereocenters. The van der Waals surface area contributed by atoms with E-state index in [1.165, 1.54) is 4.90 Å². The second kappa shape index (κ2) is 6.57. The molecule has 1 saturated carbocycles. The number of amides is 1. The molecule has 7 nitrogen and oxygen atoms in total. The fourth-order valence-corrected chi connectivity index (χ4v) is 4.51. The van der Waals surface area contributed by atoms with Crippen LogP contribution >= 0.6 is 0 Å². The smallest absolute Gasteiger partial charge is 0.410 e. The van der Waals surface area contributed by atoms with Gasteiger partial charge in [-0.05, 0) is 47.0 Å². The van der Waals surface area contributed by atoms with Crippen LogP contribution in [0.15, 0.2) is 0 Å². The van der Waals surface area contributed by atoms with E-state index < -0.39 is 27.8 Å². The van der Waals surface area contributed by atoms with Crippen LogP contribution < -0.4 is 4.72 Å². The Balaban J connectivity index is 1.89. The molecule has 1 heterocycles. The largest absolute Gasteiger partial charge is 0.444 e. The summed E-state index contributed by atoms with van der Waals surface area (Å²) in [6.07, 6.45) is 1.81. The zero-order valence-electron chi connectivity index (χ0n) is 14.4. The zero-order valence-corrected chi connectivity index (χ0v) is 15.2. The summed E-state index contributed by atoms with van der Waals surface area (Å²) in [5.41, 5.74) is -0.893. The highest BCUT2D eigenvalue weighted by atomic mass is 32.2. The van der Waals surface area contributed by atoms with E-state index in [9.17, 15) is 13.2 Å². The highest BCUT2D eigenvalue weighted by Crippen LogP contribution is 2.31. The summed E-state index contributed by atoms with van der Waals surface area (Å²) < 4.78 is 38.2. The van der Waals surface area contributed by atoms with Crippen molar-refractivity contribution in [1.29, 1.82) is 0 Å². The summed E-state index contributed by atoms with van der Waals surface area (Å²) in [7, 11) is -3.44. The van der Waals surface area contributed by atoms with Crippen molar-refractivity contribution in [3.63, 3.8) is 0 Å². The summed E-state index contributed by atoms with van der Waals surface area (Å²) in [6, 6.07) is 0. The van der Waals surface area contributed by atoms with Gasteiger partial charge in [0.15, 0.2) is 0 Å². The summed E-state index contributed by atoms with van der Waals surface area (Å²) in [4.78, 5) is 13.6. The van der Waals surface area contributed by atoms with Gasteiger partial charge < -0.3 is 14.4 Å². The molecular formula is C15H28N2O5S. The molecule has 1 saturated heterocycles. The molecule has 2 fully saturated rings. The Hall–Kier alpha value is -0.860. The van der Waals surface area contributed by atoms with E-state index in [-0.39, 0.29) is 17.8 Å². The van der Waals surface area contributed by atoms with Gasteiger partial charge >= 0.3 is 6.09 Å². The van der Waals surface area contributed by atoms with Crippen LogP contribution in [0.4, 0.5) is 4.79 Å². The number of nitrogens with zero attached hydrogens (tertiary/aromatic N) is 1. The first-order chi connectivity index (χ1) is 10.5. The van der Waals surface area contributed by atoms with Crippen molar-refractivity contribution < 1.29 is 22.7 Å². The second-order valence-corrected chi connectivity index (χ2v) is 9.48. The van der Waals surface area contributed by atoms with Crippen LogP contribution in [-0.2, 0) is 19.5 Å². The minimum absolute atomic E-state index is 0.137. The van der Waals surface area contributed by atoms with Gasteiger partial charge in [-0.25, -0.2) is 17.9 Å². The van der Waals surface area contributed by atoms with Crippen LogP contribution in [0.3, 0.4) is 0 Å². The van der Waals surface area contributed by atoms with E-state index in [0.29, 0.717) is 13.2 Å². The predicted octanol–water partition coefficient (Wildman–Crippen LogP) is 1.48. The fraction of sp³-hybridized carbons (Fsp3) is 0.933. The monoisotopic (exact) mass is 348 g/mol. The Kier molecular flexibility index (Phi) is 5.27. The Labute approximate surface area is 138 Å². The number of ether oxygens (including phenoxy) is 2. The topological polar surface area (TPSA) is 84.9 Å². The van der Waals surface area contributed by atoms with Gasteiger partial charge in [0.05, 0.1) is 25.0 Å². The number of carbonyl (C=O) groups excluding carboxylic acids is 1. The van der Waals surface area contributed by atoms with Crippen LogP contribution in [0.2, 0.25) is 0 Å². The lowest BCUT2D eigenvalue weighted by Gasteiger charge is -2.39. The van der Waals surface area contributed by atoms with Gasteiger partial charge in [0.2, 0.25) is 10.0 Å². The molecule has 0 spiro atoms. The van der Waals surface area contributed by atoms with E-state index in [2.05, 4.69) is 4.72 Å². The maximum atomic E-state index is 12.3. The molecule has 0 aromatic carbocycles. The molecule has 1 aliphatic carbocycles. The highest BCUT2D eigenvalue weighted by Gasteiger charge is 2.37. The normalized spacial score (nSPS) is 24.9. The van der Waals surface area contributed by atoms with Crippen molar-refractivity contribution in [3.8, 4) is 0 Å². The van der Waals surface area contributed by atoms with Crippen LogP contribution in [-0.4, -0.2) is 62.1 Å². The lowest BCUT2D eigenvalue weighted by atomic mass is 9.80. The molecule has 0 bridgehead atoms. The van der Waals surface area contributed by atoms with Crippen molar-refractivity contribution in [2.75, 3.05) is 25.4 Å². The van der Waals surface area contributed by atoms with E-state index in [4.69, 9.17) is 9.47 Å². The third-order valence-electron chi connectivity index (χ3n) is 4.05. The number of rotatable bonds is 4. The summed E-state index contributed by atoms with van der Waals surface area (Å²) >= 11 is 0. The van der Waals surface area contributed by atoms with Crippen molar-refractivity contribution in [2.24, 2.45) is 0 Å². The molecule has 23 heavy (non-hydrogen) atoms. The first kappa shape index (κ1) is 18.5. The third kappa shape index (κ3) is 5.61. The summed E-state index contributed by atoms with van der Waals surface area (Å²) in [5.74, 6) is -0.137. The Bertz CT molecular complexity index is 537. The first-order valence-electron chi connectivity index (χ1n) is 8.09. The van der Waals surface area contributed by atoms with E-state index >= 15 is 0 Å². The molecule has 1 N–H and O–H groups in total. The Morgan fingerprint density at radius 3 is 2.57 bits per heavy atom. The van der Waals surface area contributed by atoms with Gasteiger partial charge in [-0.15, -0.1) is 0 Å². The molecule has 1 aliphatic heterocycles. The van der Waals surface area contributed by atoms with Crippen molar-refractivity contribution in [3.05, 3.63) is 0 Å². The average molecular weight is 348 g/mol. The van der Waals surface area contributed by atoms with Gasteiger partial charge in [0, 0.05) is 12.1 Å². The number of hydrogen-bond donors (Lipinski definition) is 1. The van der Waals surface area contributed by atoms with Crippen molar-refractivity contribution in [1.82, 2.24) is 9.62 Å². The molecule has 134 valence electrons. The second-order valence-electron chi connectivity index (χ2n) is 7.72. The maximum Gasteiger partial charge on any atom is 0.410 e. The lowest BCUT2D eigenvalue weighted by Crippen LogP contribution is -2.55. The Morgan fingerprint density at radius 2 is 2.04 bits per heavy atom. The number of morpholine rings is 1. The van der Waals surface area contributed by atoms with Gasteiger partial charge in [-0.2, -0.15) is 0 Å². The van der Waals surface area contributed by atoms with E-state index in [1.807, 2.05) is 6.92 Å². The molecule has 2 aliphatic rings. The molecule has 1 unspecified atom stereocenters. The van der Waals surface area contributed by atoms with Gasteiger partial charge in [0.25, 0.3) is 0 Å². The van der Waals surface area contributed by atoms with Crippen LogP contribution in [0, 0.1) is 0 Å².